The molecule has 0 saturated carbocycles. The molecular weight excluding hydrogens is 283 g/mol. The van der Waals surface area contributed by atoms with Gasteiger partial charge >= 0.3 is 0 Å². The Kier molecular flexibility index (Phi) is 4.72. The van der Waals surface area contributed by atoms with Crippen molar-refractivity contribution in [3.05, 3.63) is 30.1 Å². The molecule has 0 bridgehead atoms. The number of hydrogen-bond acceptors (Lipinski definition) is 3. The van der Waals surface area contributed by atoms with Gasteiger partial charge in [-0.1, -0.05) is 12.1 Å². The van der Waals surface area contributed by atoms with Crippen LogP contribution in [-0.4, -0.2) is 38.9 Å². The Labute approximate surface area is 117 Å². The van der Waals surface area contributed by atoms with Gasteiger partial charge in [0.1, 0.15) is 10.7 Å². The third kappa shape index (κ3) is 3.55. The first-order chi connectivity index (χ1) is 9.50. The fraction of sp³-hybridized carbons (Fsp3) is 0.462. The fourth-order valence-electron chi connectivity index (χ4n) is 2.16. The summed E-state index contributed by atoms with van der Waals surface area (Å²) in [5, 5.41) is 0. The summed E-state index contributed by atoms with van der Waals surface area (Å²) < 4.78 is 39.5. The number of rotatable bonds is 6. The van der Waals surface area contributed by atoms with Crippen LogP contribution >= 0.6 is 0 Å². The van der Waals surface area contributed by atoms with E-state index in [4.69, 9.17) is 0 Å². The Morgan fingerprint density at radius 1 is 1.30 bits per heavy atom. The topological polar surface area (TPSA) is 66.5 Å². The Morgan fingerprint density at radius 3 is 2.70 bits per heavy atom. The molecule has 0 aliphatic carbocycles. The number of sulfonamides is 1. The van der Waals surface area contributed by atoms with Crippen molar-refractivity contribution in [1.82, 2.24) is 9.62 Å². The molecule has 0 atom stereocenters. The number of nitrogens with zero attached hydrogens (tertiary/aromatic N) is 1. The predicted octanol–water partition coefficient (Wildman–Crippen LogP) is 1.12. The molecule has 1 amide bonds. The molecule has 1 aromatic rings. The molecule has 1 heterocycles. The van der Waals surface area contributed by atoms with Crippen LogP contribution in [0.3, 0.4) is 0 Å². The quantitative estimate of drug-likeness (QED) is 0.801. The van der Waals surface area contributed by atoms with Crippen LogP contribution in [0.25, 0.3) is 0 Å². The minimum atomic E-state index is -3.83. The second kappa shape index (κ2) is 6.32. The van der Waals surface area contributed by atoms with Gasteiger partial charge in [-0.05, 0) is 25.0 Å². The van der Waals surface area contributed by atoms with E-state index in [2.05, 4.69) is 4.72 Å². The van der Waals surface area contributed by atoms with Crippen LogP contribution in [0.1, 0.15) is 19.3 Å². The summed E-state index contributed by atoms with van der Waals surface area (Å²) in [6, 6.07) is 5.24. The molecule has 5 nitrogen and oxygen atoms in total. The lowest BCUT2D eigenvalue weighted by atomic mass is 10.3. The summed E-state index contributed by atoms with van der Waals surface area (Å²) in [5.41, 5.74) is 0. The molecule has 0 radical (unpaired) electrons. The molecule has 1 aliphatic rings. The first-order valence-corrected chi connectivity index (χ1v) is 8.01. The maximum absolute atomic E-state index is 13.4. The lowest BCUT2D eigenvalue weighted by Crippen LogP contribution is -2.31. The van der Waals surface area contributed by atoms with Gasteiger partial charge in [-0.2, -0.15) is 0 Å². The van der Waals surface area contributed by atoms with Gasteiger partial charge in [-0.25, -0.2) is 17.5 Å². The maximum Gasteiger partial charge on any atom is 0.243 e. The molecule has 1 N–H and O–H groups in total. The zero-order valence-electron chi connectivity index (χ0n) is 11.0. The fourth-order valence-corrected chi connectivity index (χ4v) is 3.31. The van der Waals surface area contributed by atoms with Crippen molar-refractivity contribution in [2.24, 2.45) is 0 Å². The molecule has 2 rings (SSSR count). The summed E-state index contributed by atoms with van der Waals surface area (Å²) in [6.07, 6.45) is 1.94. The van der Waals surface area contributed by atoms with Crippen LogP contribution < -0.4 is 4.72 Å². The van der Waals surface area contributed by atoms with Gasteiger partial charge in [0.25, 0.3) is 0 Å². The molecule has 1 fully saturated rings. The molecule has 1 aliphatic heterocycles. The van der Waals surface area contributed by atoms with Gasteiger partial charge in [0.2, 0.25) is 15.9 Å². The van der Waals surface area contributed by atoms with Crippen LogP contribution in [0.4, 0.5) is 4.39 Å². The number of likely N-dealkylation sites (tertiary alicyclic amines) is 1. The smallest absolute Gasteiger partial charge is 0.243 e. The van der Waals surface area contributed by atoms with Crippen molar-refractivity contribution in [3.8, 4) is 0 Å². The van der Waals surface area contributed by atoms with Crippen molar-refractivity contribution in [3.63, 3.8) is 0 Å². The SMILES string of the molecule is O=C1CCCN1CCCNS(=O)(=O)c1ccccc1F. The van der Waals surface area contributed by atoms with Gasteiger partial charge in [-0.3, -0.25) is 4.79 Å². The highest BCUT2D eigenvalue weighted by Crippen LogP contribution is 2.13. The van der Waals surface area contributed by atoms with Gasteiger partial charge in [-0.15, -0.1) is 0 Å². The number of hydrogen-bond donors (Lipinski definition) is 1. The van der Waals surface area contributed by atoms with E-state index in [9.17, 15) is 17.6 Å². The first kappa shape index (κ1) is 14.9. The third-order valence-electron chi connectivity index (χ3n) is 3.19. The van der Waals surface area contributed by atoms with E-state index >= 15 is 0 Å². The van der Waals surface area contributed by atoms with E-state index in [0.717, 1.165) is 19.0 Å². The van der Waals surface area contributed by atoms with E-state index in [0.29, 0.717) is 19.4 Å². The summed E-state index contributed by atoms with van der Waals surface area (Å²) in [4.78, 5) is 12.7. The normalized spacial score (nSPS) is 15.8. The minimum Gasteiger partial charge on any atom is -0.343 e. The van der Waals surface area contributed by atoms with Crippen LogP contribution in [0.15, 0.2) is 29.2 Å². The minimum absolute atomic E-state index is 0.113. The van der Waals surface area contributed by atoms with Crippen molar-refractivity contribution in [2.45, 2.75) is 24.2 Å². The van der Waals surface area contributed by atoms with E-state index in [1.807, 2.05) is 0 Å². The Hall–Kier alpha value is -1.47. The molecule has 0 unspecified atom stereocenters. The highest BCUT2D eigenvalue weighted by molar-refractivity contribution is 7.89. The molecule has 1 aromatic carbocycles. The van der Waals surface area contributed by atoms with E-state index < -0.39 is 15.8 Å². The molecular formula is C13H17FN2O3S. The predicted molar refractivity (Wildman–Crippen MR) is 72.0 cm³/mol. The van der Waals surface area contributed by atoms with Gasteiger partial charge in [0.05, 0.1) is 0 Å². The van der Waals surface area contributed by atoms with E-state index in [-0.39, 0.29) is 17.3 Å². The van der Waals surface area contributed by atoms with Crippen molar-refractivity contribution >= 4 is 15.9 Å². The zero-order chi connectivity index (χ0) is 14.6. The molecule has 110 valence electrons. The van der Waals surface area contributed by atoms with Crippen LogP contribution in [-0.2, 0) is 14.8 Å². The van der Waals surface area contributed by atoms with E-state index in [1.54, 1.807) is 4.90 Å². The second-order valence-corrected chi connectivity index (χ2v) is 6.40. The first-order valence-electron chi connectivity index (χ1n) is 6.53. The highest BCUT2D eigenvalue weighted by Gasteiger charge is 2.20. The number of halogens is 1. The third-order valence-corrected chi connectivity index (χ3v) is 4.69. The number of carbonyl (C=O) groups is 1. The maximum atomic E-state index is 13.4. The highest BCUT2D eigenvalue weighted by atomic mass is 32.2. The molecule has 7 heteroatoms. The molecule has 0 spiro atoms. The van der Waals surface area contributed by atoms with Crippen LogP contribution in [0, 0.1) is 5.82 Å². The van der Waals surface area contributed by atoms with E-state index in [1.165, 1.54) is 18.2 Å². The van der Waals surface area contributed by atoms with Crippen molar-refractivity contribution in [1.29, 1.82) is 0 Å². The van der Waals surface area contributed by atoms with Gasteiger partial charge < -0.3 is 4.90 Å². The standard InChI is InChI=1S/C13H17FN2O3S/c14-11-5-1-2-6-12(11)20(18,19)15-8-4-10-16-9-3-7-13(16)17/h1-2,5-6,15H,3-4,7-10H2. The average Bonchev–Trinajstić information content (AvgIpc) is 2.81. The number of benzene rings is 1. The lowest BCUT2D eigenvalue weighted by Gasteiger charge is -2.15. The number of nitrogens with one attached hydrogen (secondary N) is 1. The molecule has 1 saturated heterocycles. The van der Waals surface area contributed by atoms with Gasteiger partial charge in [0, 0.05) is 26.1 Å². The summed E-state index contributed by atoms with van der Waals surface area (Å²) in [7, 11) is -3.83. The van der Waals surface area contributed by atoms with Crippen molar-refractivity contribution in [2.75, 3.05) is 19.6 Å². The molecule has 20 heavy (non-hydrogen) atoms. The average molecular weight is 300 g/mol. The Bertz CT molecular complexity index is 589. The van der Waals surface area contributed by atoms with Gasteiger partial charge in [0.15, 0.2) is 0 Å². The largest absolute Gasteiger partial charge is 0.343 e. The van der Waals surface area contributed by atoms with Crippen molar-refractivity contribution < 1.29 is 17.6 Å². The van der Waals surface area contributed by atoms with Crippen LogP contribution in [0.2, 0.25) is 0 Å². The Balaban J connectivity index is 1.84. The summed E-state index contributed by atoms with van der Waals surface area (Å²) >= 11 is 0. The second-order valence-electron chi connectivity index (χ2n) is 4.67. The Morgan fingerprint density at radius 2 is 2.05 bits per heavy atom. The van der Waals surface area contributed by atoms with Crippen LogP contribution in [0.5, 0.6) is 0 Å². The summed E-state index contributed by atoms with van der Waals surface area (Å²) in [6.45, 7) is 1.44. The number of carbonyl (C=O) groups excluding carboxylic acids is 1. The summed E-state index contributed by atoms with van der Waals surface area (Å²) in [5.74, 6) is -0.656. The number of amides is 1. The zero-order valence-corrected chi connectivity index (χ0v) is 11.8. The lowest BCUT2D eigenvalue weighted by molar-refractivity contribution is -0.127. The monoisotopic (exact) mass is 300 g/mol. The molecule has 0 aromatic heterocycles.